The summed E-state index contributed by atoms with van der Waals surface area (Å²) in [6, 6.07) is 17.4. The molecule has 37 heavy (non-hydrogen) atoms. The number of nitrogens with zero attached hydrogens (tertiary/aromatic N) is 3. The van der Waals surface area contributed by atoms with Crippen molar-refractivity contribution in [3.8, 4) is 0 Å². The van der Waals surface area contributed by atoms with Crippen LogP contribution in [0.1, 0.15) is 24.5 Å². The highest BCUT2D eigenvalue weighted by Gasteiger charge is 2.39. The zero-order valence-corrected chi connectivity index (χ0v) is 21.9. The fourth-order valence-electron chi connectivity index (χ4n) is 4.98. The van der Waals surface area contributed by atoms with Crippen molar-refractivity contribution < 1.29 is 17.9 Å². The van der Waals surface area contributed by atoms with Gasteiger partial charge in [0.1, 0.15) is 11.4 Å². The number of para-hydroxylation sites is 1. The molecule has 0 spiro atoms. The van der Waals surface area contributed by atoms with Crippen LogP contribution in [0.4, 0.5) is 0 Å². The van der Waals surface area contributed by atoms with Crippen LogP contribution in [0.3, 0.4) is 0 Å². The minimum absolute atomic E-state index is 0.217. The summed E-state index contributed by atoms with van der Waals surface area (Å²) < 4.78 is 33.4. The van der Waals surface area contributed by atoms with Gasteiger partial charge in [0.25, 0.3) is 0 Å². The molecule has 1 fully saturated rings. The predicted molar refractivity (Wildman–Crippen MR) is 146 cm³/mol. The van der Waals surface area contributed by atoms with Gasteiger partial charge in [0.05, 0.1) is 12.1 Å². The Hall–Kier alpha value is -3.20. The van der Waals surface area contributed by atoms with Crippen LogP contribution < -0.4 is 0 Å². The topological polar surface area (TPSA) is 71.9 Å². The lowest BCUT2D eigenvalue weighted by Crippen LogP contribution is -2.47. The summed E-state index contributed by atoms with van der Waals surface area (Å²) in [5, 5.41) is 0.955. The van der Waals surface area contributed by atoms with E-state index >= 15 is 0 Å². The SMILES string of the molecule is CC1(S(=O)(=O)n2cc(CN3CCN(CC(=O)OCc4ccccc4)CC3)c3ccccc32)C=CC=CC1. The number of fused-ring (bicyclic) bond motifs is 1. The van der Waals surface area contributed by atoms with Crippen molar-refractivity contribution in [2.24, 2.45) is 0 Å². The van der Waals surface area contributed by atoms with Crippen LogP contribution in [0.5, 0.6) is 0 Å². The molecule has 0 bridgehead atoms. The number of aromatic nitrogens is 1. The van der Waals surface area contributed by atoms with E-state index < -0.39 is 14.8 Å². The predicted octanol–water partition coefficient (Wildman–Crippen LogP) is 3.96. The summed E-state index contributed by atoms with van der Waals surface area (Å²) >= 11 is 0. The Labute approximate surface area is 218 Å². The Kier molecular flexibility index (Phi) is 7.33. The third-order valence-corrected chi connectivity index (χ3v) is 9.58. The Morgan fingerprint density at radius 1 is 0.946 bits per heavy atom. The van der Waals surface area contributed by atoms with Crippen LogP contribution in [-0.4, -0.2) is 65.6 Å². The van der Waals surface area contributed by atoms with E-state index in [0.717, 1.165) is 42.7 Å². The third-order valence-electron chi connectivity index (χ3n) is 7.28. The summed E-state index contributed by atoms with van der Waals surface area (Å²) in [7, 11) is -3.66. The molecule has 1 aliphatic carbocycles. The summed E-state index contributed by atoms with van der Waals surface area (Å²) in [5.74, 6) is -0.217. The van der Waals surface area contributed by atoms with Gasteiger partial charge in [-0.25, -0.2) is 12.4 Å². The second-order valence-corrected chi connectivity index (χ2v) is 12.3. The number of allylic oxidation sites excluding steroid dienone is 3. The minimum Gasteiger partial charge on any atom is -0.460 e. The van der Waals surface area contributed by atoms with Crippen LogP contribution in [0.15, 0.2) is 85.1 Å². The normalized spacial score (nSPS) is 20.9. The van der Waals surface area contributed by atoms with Crippen LogP contribution in [0.2, 0.25) is 0 Å². The number of ether oxygens (including phenoxy) is 1. The van der Waals surface area contributed by atoms with Crippen LogP contribution in [-0.2, 0) is 32.7 Å². The highest BCUT2D eigenvalue weighted by Crippen LogP contribution is 2.33. The molecule has 7 nitrogen and oxygen atoms in total. The van der Waals surface area contributed by atoms with Crippen LogP contribution in [0, 0.1) is 0 Å². The summed E-state index contributed by atoms with van der Waals surface area (Å²) in [4.78, 5) is 16.7. The molecule has 0 N–H and O–H groups in total. The van der Waals surface area contributed by atoms with Gasteiger partial charge in [0, 0.05) is 44.3 Å². The van der Waals surface area contributed by atoms with E-state index in [1.807, 2.05) is 72.8 Å². The van der Waals surface area contributed by atoms with Crippen molar-refractivity contribution in [2.75, 3.05) is 32.7 Å². The van der Waals surface area contributed by atoms with E-state index in [0.29, 0.717) is 18.5 Å². The molecule has 1 aliphatic heterocycles. The number of hydrogen-bond donors (Lipinski definition) is 0. The maximum Gasteiger partial charge on any atom is 0.320 e. The van der Waals surface area contributed by atoms with Gasteiger partial charge in [0.2, 0.25) is 10.0 Å². The lowest BCUT2D eigenvalue weighted by molar-refractivity contribution is -0.146. The molecule has 2 aromatic carbocycles. The van der Waals surface area contributed by atoms with Crippen molar-refractivity contribution in [3.63, 3.8) is 0 Å². The first kappa shape index (κ1) is 25.4. The standard InChI is InChI=1S/C29H33N3O4S/c1-29(14-8-3-9-15-29)37(34,35)32-21-25(26-12-6-7-13-27(26)32)20-30-16-18-31(19-17-30)22-28(33)36-23-24-10-4-2-5-11-24/h2-14,21H,15-20,22-23H2,1H3. The second-order valence-electron chi connectivity index (χ2n) is 9.97. The number of esters is 1. The zero-order valence-electron chi connectivity index (χ0n) is 21.1. The Morgan fingerprint density at radius 3 is 2.38 bits per heavy atom. The smallest absolute Gasteiger partial charge is 0.320 e. The summed E-state index contributed by atoms with van der Waals surface area (Å²) in [5.41, 5.74) is 2.68. The summed E-state index contributed by atoms with van der Waals surface area (Å²) in [6.07, 6.45) is 9.62. The number of benzene rings is 2. The molecule has 1 unspecified atom stereocenters. The monoisotopic (exact) mass is 519 g/mol. The molecule has 0 radical (unpaired) electrons. The minimum atomic E-state index is -3.66. The van der Waals surface area contributed by atoms with Gasteiger partial charge in [0.15, 0.2) is 0 Å². The molecular formula is C29H33N3O4S. The fraction of sp³-hybridized carbons (Fsp3) is 0.345. The van der Waals surface area contributed by atoms with Crippen LogP contribution in [0.25, 0.3) is 10.9 Å². The molecule has 5 rings (SSSR count). The van der Waals surface area contributed by atoms with E-state index in [9.17, 15) is 13.2 Å². The molecule has 194 valence electrons. The number of hydrogen-bond acceptors (Lipinski definition) is 6. The first-order valence-electron chi connectivity index (χ1n) is 12.7. The van der Waals surface area contributed by atoms with Gasteiger partial charge in [-0.2, -0.15) is 0 Å². The van der Waals surface area contributed by atoms with E-state index in [-0.39, 0.29) is 19.1 Å². The lowest BCUT2D eigenvalue weighted by Gasteiger charge is -2.34. The van der Waals surface area contributed by atoms with Gasteiger partial charge < -0.3 is 4.74 Å². The number of carbonyl (C=O) groups excluding carboxylic acids is 1. The van der Waals surface area contributed by atoms with Gasteiger partial charge >= 0.3 is 5.97 Å². The molecule has 2 heterocycles. The van der Waals surface area contributed by atoms with Gasteiger partial charge in [-0.15, -0.1) is 0 Å². The highest BCUT2D eigenvalue weighted by atomic mass is 32.2. The number of rotatable bonds is 8. The fourth-order valence-corrected chi connectivity index (χ4v) is 6.67. The van der Waals surface area contributed by atoms with E-state index in [1.165, 1.54) is 3.97 Å². The quantitative estimate of drug-likeness (QED) is 0.420. The molecule has 1 saturated heterocycles. The number of carbonyl (C=O) groups is 1. The maximum absolute atomic E-state index is 13.7. The Morgan fingerprint density at radius 2 is 1.65 bits per heavy atom. The average molecular weight is 520 g/mol. The largest absolute Gasteiger partial charge is 0.460 e. The molecule has 2 aliphatic rings. The molecule has 8 heteroatoms. The third kappa shape index (κ3) is 5.42. The number of piperazine rings is 1. The van der Waals surface area contributed by atoms with Crippen LogP contribution >= 0.6 is 0 Å². The Balaban J connectivity index is 1.23. The molecule has 0 saturated carbocycles. The lowest BCUT2D eigenvalue weighted by atomic mass is 10.0. The highest BCUT2D eigenvalue weighted by molar-refractivity contribution is 7.91. The maximum atomic E-state index is 13.7. The summed E-state index contributed by atoms with van der Waals surface area (Å²) in [6.45, 7) is 6.10. The van der Waals surface area contributed by atoms with Crippen molar-refractivity contribution in [3.05, 3.63) is 96.2 Å². The molecule has 3 aromatic rings. The Bertz CT molecular complexity index is 1420. The van der Waals surface area contributed by atoms with E-state index in [4.69, 9.17) is 4.74 Å². The molecule has 1 atom stereocenters. The average Bonchev–Trinajstić information content (AvgIpc) is 3.29. The van der Waals surface area contributed by atoms with Gasteiger partial charge in [-0.3, -0.25) is 14.6 Å². The van der Waals surface area contributed by atoms with Gasteiger partial charge in [-0.1, -0.05) is 72.8 Å². The van der Waals surface area contributed by atoms with Gasteiger partial charge in [-0.05, 0) is 30.5 Å². The van der Waals surface area contributed by atoms with Crippen molar-refractivity contribution in [1.29, 1.82) is 0 Å². The van der Waals surface area contributed by atoms with E-state index in [1.54, 1.807) is 19.2 Å². The van der Waals surface area contributed by atoms with Crippen molar-refractivity contribution in [2.45, 2.75) is 31.2 Å². The molecule has 0 amide bonds. The van der Waals surface area contributed by atoms with E-state index in [2.05, 4.69) is 9.80 Å². The molecular weight excluding hydrogens is 486 g/mol. The van der Waals surface area contributed by atoms with Crippen molar-refractivity contribution in [1.82, 2.24) is 13.8 Å². The van der Waals surface area contributed by atoms with Crippen molar-refractivity contribution >= 4 is 26.9 Å². The molecule has 1 aromatic heterocycles. The zero-order chi connectivity index (χ0) is 25.9. The first-order valence-corrected chi connectivity index (χ1v) is 14.1. The first-order chi connectivity index (χ1) is 17.9. The second kappa shape index (κ2) is 10.7.